The van der Waals surface area contributed by atoms with Crippen LogP contribution in [0.15, 0.2) is 46.0 Å². The van der Waals surface area contributed by atoms with Gasteiger partial charge in [-0.25, -0.2) is 4.98 Å². The molecular formula is C26H29N5O3S. The van der Waals surface area contributed by atoms with Crippen LogP contribution in [-0.4, -0.2) is 57.5 Å². The summed E-state index contributed by atoms with van der Waals surface area (Å²) in [6, 6.07) is 9.77. The van der Waals surface area contributed by atoms with Gasteiger partial charge in [0.25, 0.3) is 11.5 Å². The fourth-order valence-corrected chi connectivity index (χ4v) is 5.48. The lowest BCUT2D eigenvalue weighted by atomic mass is 10.1. The maximum absolute atomic E-state index is 13.6. The van der Waals surface area contributed by atoms with E-state index in [0.29, 0.717) is 30.8 Å². The molecule has 35 heavy (non-hydrogen) atoms. The molecule has 0 saturated carbocycles. The van der Waals surface area contributed by atoms with Crippen molar-refractivity contribution in [1.82, 2.24) is 24.3 Å². The molecule has 0 saturated heterocycles. The van der Waals surface area contributed by atoms with Gasteiger partial charge in [0, 0.05) is 73.4 Å². The average molecular weight is 492 g/mol. The number of rotatable bonds is 6. The normalized spacial score (nSPS) is 14.0. The van der Waals surface area contributed by atoms with E-state index in [9.17, 15) is 9.59 Å². The Hall–Kier alpha value is -3.43. The molecule has 3 aromatic heterocycles. The first-order valence-corrected chi connectivity index (χ1v) is 12.6. The number of ether oxygens (including phenoxy) is 1. The summed E-state index contributed by atoms with van der Waals surface area (Å²) >= 11 is 1.50. The number of carbonyl (C=O) groups is 1. The number of hydrogen-bond donors (Lipinski definition) is 1. The lowest BCUT2D eigenvalue weighted by Gasteiger charge is -2.22. The van der Waals surface area contributed by atoms with E-state index in [1.54, 1.807) is 22.0 Å². The molecule has 1 amide bonds. The van der Waals surface area contributed by atoms with Crippen molar-refractivity contribution in [3.05, 3.63) is 79.8 Å². The quantitative estimate of drug-likeness (QED) is 0.447. The average Bonchev–Trinajstić information content (AvgIpc) is 3.41. The van der Waals surface area contributed by atoms with Crippen molar-refractivity contribution in [1.29, 1.82) is 0 Å². The molecule has 1 aliphatic rings. The highest BCUT2D eigenvalue weighted by Crippen LogP contribution is 2.27. The van der Waals surface area contributed by atoms with E-state index < -0.39 is 0 Å². The zero-order chi connectivity index (χ0) is 24.5. The van der Waals surface area contributed by atoms with E-state index in [1.807, 2.05) is 11.4 Å². The number of aromatic nitrogens is 3. The van der Waals surface area contributed by atoms with Crippen molar-refractivity contribution in [3.8, 4) is 5.75 Å². The number of aromatic amines is 1. The van der Waals surface area contributed by atoms with Gasteiger partial charge in [-0.3, -0.25) is 14.5 Å². The molecule has 8 nitrogen and oxygen atoms in total. The van der Waals surface area contributed by atoms with E-state index in [1.165, 1.54) is 35.5 Å². The maximum atomic E-state index is 13.6. The van der Waals surface area contributed by atoms with E-state index in [4.69, 9.17) is 4.74 Å². The molecule has 0 aliphatic carbocycles. The van der Waals surface area contributed by atoms with Gasteiger partial charge in [0.05, 0.1) is 24.9 Å². The molecule has 1 aromatic carbocycles. The van der Waals surface area contributed by atoms with Crippen molar-refractivity contribution in [3.63, 3.8) is 0 Å². The van der Waals surface area contributed by atoms with E-state index in [0.717, 1.165) is 42.2 Å². The summed E-state index contributed by atoms with van der Waals surface area (Å²) in [5.41, 5.74) is 7.23. The molecule has 0 radical (unpaired) electrons. The highest BCUT2D eigenvalue weighted by Gasteiger charge is 2.27. The van der Waals surface area contributed by atoms with Gasteiger partial charge in [-0.15, -0.1) is 11.3 Å². The number of H-pyrrole nitrogens is 1. The van der Waals surface area contributed by atoms with Crippen LogP contribution in [0.2, 0.25) is 0 Å². The molecule has 0 bridgehead atoms. The summed E-state index contributed by atoms with van der Waals surface area (Å²) in [6.45, 7) is 5.27. The summed E-state index contributed by atoms with van der Waals surface area (Å²) in [4.78, 5) is 38.3. The number of methoxy groups -OCH3 is 1. The number of nitrogens with zero attached hydrogens (tertiary/aromatic N) is 4. The van der Waals surface area contributed by atoms with Gasteiger partial charge < -0.3 is 19.2 Å². The smallest absolute Gasteiger partial charge is 0.259 e. The monoisotopic (exact) mass is 491 g/mol. The number of pyridine rings is 1. The molecule has 1 N–H and O–H groups in total. The van der Waals surface area contributed by atoms with Crippen LogP contribution >= 0.6 is 11.3 Å². The summed E-state index contributed by atoms with van der Waals surface area (Å²) in [5, 5.41) is 3.16. The molecule has 9 heteroatoms. The number of fused-ring (bicyclic) bond motifs is 2. The second kappa shape index (κ2) is 9.67. The van der Waals surface area contributed by atoms with Crippen molar-refractivity contribution in [2.75, 3.05) is 27.2 Å². The molecule has 5 rings (SSSR count). The molecule has 1 aliphatic heterocycles. The van der Waals surface area contributed by atoms with Crippen LogP contribution in [0.1, 0.15) is 33.0 Å². The molecule has 0 spiro atoms. The van der Waals surface area contributed by atoms with Gasteiger partial charge in [-0.05, 0) is 18.6 Å². The minimum atomic E-state index is -0.167. The standard InChI is InChI=1S/C26H29N5O3S/c1-17-20(19-6-4-5-7-21(19)28-17)14-30-9-8-22-25(23(34-3)12-24(32)31(22)11-10-30)26(33)29(2)13-18-15-35-16-27-18/h4-7,12,15-16,28H,8-11,13-14H2,1-3H3. The number of nitrogens with one attached hydrogen (secondary N) is 1. The Kier molecular flexibility index (Phi) is 6.44. The molecule has 4 heterocycles. The largest absolute Gasteiger partial charge is 0.496 e. The predicted octanol–water partition coefficient (Wildman–Crippen LogP) is 3.43. The number of benzene rings is 1. The number of carbonyl (C=O) groups excluding carboxylic acids is 1. The van der Waals surface area contributed by atoms with Gasteiger partial charge >= 0.3 is 0 Å². The summed E-state index contributed by atoms with van der Waals surface area (Å²) in [5.74, 6) is 0.164. The number of thiazole rings is 1. The number of para-hydroxylation sites is 1. The van der Waals surface area contributed by atoms with Crippen molar-refractivity contribution in [2.45, 2.75) is 33.0 Å². The van der Waals surface area contributed by atoms with Crippen LogP contribution in [0.25, 0.3) is 10.9 Å². The number of hydrogen-bond acceptors (Lipinski definition) is 6. The van der Waals surface area contributed by atoms with Gasteiger partial charge in [-0.2, -0.15) is 0 Å². The third kappa shape index (κ3) is 4.49. The van der Waals surface area contributed by atoms with Crippen molar-refractivity contribution >= 4 is 28.1 Å². The van der Waals surface area contributed by atoms with Crippen molar-refractivity contribution in [2.24, 2.45) is 0 Å². The van der Waals surface area contributed by atoms with E-state index in [-0.39, 0.29) is 11.5 Å². The Morgan fingerprint density at radius 2 is 2.09 bits per heavy atom. The van der Waals surface area contributed by atoms with Crippen molar-refractivity contribution < 1.29 is 9.53 Å². The maximum Gasteiger partial charge on any atom is 0.259 e. The van der Waals surface area contributed by atoms with Gasteiger partial charge in [0.1, 0.15) is 11.3 Å². The number of aryl methyl sites for hydroxylation is 1. The van der Waals surface area contributed by atoms with Crippen LogP contribution in [0.4, 0.5) is 0 Å². The van der Waals surface area contributed by atoms with Gasteiger partial charge in [0.15, 0.2) is 0 Å². The molecular weight excluding hydrogens is 462 g/mol. The van der Waals surface area contributed by atoms with Crippen LogP contribution < -0.4 is 10.3 Å². The highest BCUT2D eigenvalue weighted by molar-refractivity contribution is 7.07. The topological polar surface area (TPSA) is 83.5 Å². The van der Waals surface area contributed by atoms with Crippen LogP contribution in [0, 0.1) is 6.92 Å². The number of amides is 1. The Morgan fingerprint density at radius 1 is 1.26 bits per heavy atom. The first-order chi connectivity index (χ1) is 17.0. The lowest BCUT2D eigenvalue weighted by Crippen LogP contribution is -2.32. The van der Waals surface area contributed by atoms with E-state index >= 15 is 0 Å². The molecule has 4 aromatic rings. The second-order valence-corrected chi connectivity index (χ2v) is 9.68. The van der Waals surface area contributed by atoms with Crippen LogP contribution in [0.5, 0.6) is 5.75 Å². The van der Waals surface area contributed by atoms with Crippen LogP contribution in [-0.2, 0) is 26.1 Å². The zero-order valence-corrected chi connectivity index (χ0v) is 21.0. The Bertz CT molecular complexity index is 1420. The zero-order valence-electron chi connectivity index (χ0n) is 20.2. The van der Waals surface area contributed by atoms with Crippen LogP contribution in [0.3, 0.4) is 0 Å². The SMILES string of the molecule is COc1cc(=O)n2c(c1C(=O)N(C)Cc1cscn1)CCN(Cc1c(C)[nH]c3ccccc13)CC2. The third-order valence-corrected chi connectivity index (χ3v) is 7.39. The minimum absolute atomic E-state index is 0.138. The second-order valence-electron chi connectivity index (χ2n) is 8.97. The summed E-state index contributed by atoms with van der Waals surface area (Å²) in [6.07, 6.45) is 0.583. The van der Waals surface area contributed by atoms with Gasteiger partial charge in [0.2, 0.25) is 0 Å². The molecule has 182 valence electrons. The Morgan fingerprint density at radius 3 is 2.86 bits per heavy atom. The molecule has 0 unspecified atom stereocenters. The third-order valence-electron chi connectivity index (χ3n) is 6.76. The molecule has 0 fully saturated rings. The first kappa shape index (κ1) is 23.3. The lowest BCUT2D eigenvalue weighted by molar-refractivity contribution is 0.0777. The molecule has 0 atom stereocenters. The Balaban J connectivity index is 1.44. The summed E-state index contributed by atoms with van der Waals surface area (Å²) < 4.78 is 7.27. The fourth-order valence-electron chi connectivity index (χ4n) is 4.93. The minimum Gasteiger partial charge on any atom is -0.496 e. The van der Waals surface area contributed by atoms with E-state index in [2.05, 4.69) is 40.0 Å². The van der Waals surface area contributed by atoms with Gasteiger partial charge in [-0.1, -0.05) is 18.2 Å². The predicted molar refractivity (Wildman–Crippen MR) is 137 cm³/mol. The fraction of sp³-hybridized carbons (Fsp3) is 0.346. The first-order valence-electron chi connectivity index (χ1n) is 11.7. The highest BCUT2D eigenvalue weighted by atomic mass is 32.1. The Labute approximate surface area is 207 Å². The summed E-state index contributed by atoms with van der Waals surface area (Å²) in [7, 11) is 3.26.